The molecule has 2 rings (SSSR count). The third-order valence-corrected chi connectivity index (χ3v) is 4.65. The molecule has 2 amide bonds. The fourth-order valence-corrected chi connectivity index (χ4v) is 2.94. The molecule has 6 heteroatoms. The number of hydrogen-bond acceptors (Lipinski definition) is 4. The smallest absolute Gasteiger partial charge is 0.410 e. The first kappa shape index (κ1) is 20.8. The maximum absolute atomic E-state index is 12.4. The lowest BCUT2D eigenvalue weighted by Gasteiger charge is -2.32. The van der Waals surface area contributed by atoms with Crippen LogP contribution in [0.25, 0.3) is 0 Å². The number of carbonyl (C=O) groups excluding carboxylic acids is 2. The normalized spacial score (nSPS) is 15.9. The molecule has 1 saturated heterocycles. The van der Waals surface area contributed by atoms with Gasteiger partial charge in [0.15, 0.2) is 6.10 Å². The number of hydrogen-bond donors (Lipinski definition) is 1. The summed E-state index contributed by atoms with van der Waals surface area (Å²) in [7, 11) is 0. The van der Waals surface area contributed by atoms with E-state index in [0.29, 0.717) is 37.6 Å². The highest BCUT2D eigenvalue weighted by atomic mass is 16.6. The van der Waals surface area contributed by atoms with Gasteiger partial charge >= 0.3 is 6.09 Å². The van der Waals surface area contributed by atoms with Crippen molar-refractivity contribution in [3.05, 3.63) is 42.5 Å². The summed E-state index contributed by atoms with van der Waals surface area (Å²) in [5, 5.41) is 3.01. The van der Waals surface area contributed by atoms with Crippen molar-refractivity contribution in [2.24, 2.45) is 0 Å². The highest BCUT2D eigenvalue weighted by Crippen LogP contribution is 2.19. The zero-order valence-electron chi connectivity index (χ0n) is 16.4. The Morgan fingerprint density at radius 1 is 1.22 bits per heavy atom. The van der Waals surface area contributed by atoms with E-state index in [0.717, 1.165) is 0 Å². The van der Waals surface area contributed by atoms with E-state index in [1.54, 1.807) is 17.9 Å². The van der Waals surface area contributed by atoms with Crippen LogP contribution in [0, 0.1) is 0 Å². The van der Waals surface area contributed by atoms with E-state index in [9.17, 15) is 9.59 Å². The molecule has 1 aromatic rings. The summed E-state index contributed by atoms with van der Waals surface area (Å²) >= 11 is 0. The molecule has 27 heavy (non-hydrogen) atoms. The summed E-state index contributed by atoms with van der Waals surface area (Å²) < 4.78 is 10.8. The van der Waals surface area contributed by atoms with E-state index in [-0.39, 0.29) is 24.6 Å². The fourth-order valence-electron chi connectivity index (χ4n) is 2.94. The Balaban J connectivity index is 1.76. The molecular weight excluding hydrogens is 344 g/mol. The minimum atomic E-state index is -0.578. The van der Waals surface area contributed by atoms with Crippen LogP contribution in [0.5, 0.6) is 5.75 Å². The average molecular weight is 374 g/mol. The van der Waals surface area contributed by atoms with Crippen LogP contribution >= 0.6 is 0 Å². The molecule has 0 aliphatic carbocycles. The van der Waals surface area contributed by atoms with Gasteiger partial charge in [0.2, 0.25) is 0 Å². The van der Waals surface area contributed by atoms with Crippen molar-refractivity contribution in [2.45, 2.75) is 51.7 Å². The summed E-state index contributed by atoms with van der Waals surface area (Å²) in [4.78, 5) is 25.9. The molecule has 1 unspecified atom stereocenters. The van der Waals surface area contributed by atoms with Gasteiger partial charge in [-0.05, 0) is 43.4 Å². The van der Waals surface area contributed by atoms with Crippen LogP contribution in [0.1, 0.15) is 45.1 Å². The molecule has 1 heterocycles. The topological polar surface area (TPSA) is 67.9 Å². The monoisotopic (exact) mass is 374 g/mol. The van der Waals surface area contributed by atoms with Gasteiger partial charge in [-0.15, -0.1) is 0 Å². The Morgan fingerprint density at radius 3 is 2.41 bits per heavy atom. The van der Waals surface area contributed by atoms with Gasteiger partial charge in [-0.2, -0.15) is 0 Å². The number of likely N-dealkylation sites (tertiary alicyclic amines) is 1. The van der Waals surface area contributed by atoms with Gasteiger partial charge in [0.05, 0.1) is 0 Å². The van der Waals surface area contributed by atoms with E-state index >= 15 is 0 Å². The first-order chi connectivity index (χ1) is 12.9. The van der Waals surface area contributed by atoms with Crippen molar-refractivity contribution in [3.8, 4) is 5.75 Å². The number of rotatable bonds is 7. The Labute approximate surface area is 161 Å². The lowest BCUT2D eigenvalue weighted by atomic mass is 10.0. The van der Waals surface area contributed by atoms with Crippen LogP contribution in [0.4, 0.5) is 4.79 Å². The van der Waals surface area contributed by atoms with Crippen molar-refractivity contribution < 1.29 is 19.1 Å². The third kappa shape index (κ3) is 6.31. The van der Waals surface area contributed by atoms with Crippen molar-refractivity contribution in [1.29, 1.82) is 0 Å². The maximum atomic E-state index is 12.4. The molecule has 0 aromatic heterocycles. The number of amides is 2. The minimum absolute atomic E-state index is 0.0373. The first-order valence-corrected chi connectivity index (χ1v) is 9.50. The number of piperidine rings is 1. The number of benzene rings is 1. The molecule has 0 radical (unpaired) electrons. The third-order valence-electron chi connectivity index (χ3n) is 4.65. The van der Waals surface area contributed by atoms with Gasteiger partial charge in [0.1, 0.15) is 12.4 Å². The van der Waals surface area contributed by atoms with E-state index in [1.165, 1.54) is 5.56 Å². The van der Waals surface area contributed by atoms with Crippen molar-refractivity contribution in [1.82, 2.24) is 10.2 Å². The summed E-state index contributed by atoms with van der Waals surface area (Å²) in [6.45, 7) is 10.9. The lowest BCUT2D eigenvalue weighted by molar-refractivity contribution is -0.128. The number of nitrogens with zero attached hydrogens (tertiary/aromatic N) is 1. The van der Waals surface area contributed by atoms with Gasteiger partial charge in [-0.1, -0.05) is 38.6 Å². The standard InChI is InChI=1S/C21H30N2O4/c1-5-14-26-21(25)23-12-10-18(11-13-23)22-20(24)16(4)27-19-8-6-17(7-9-19)15(2)3/h5-9,15-16,18H,1,10-14H2,2-4H3,(H,22,24). The molecule has 1 aliphatic heterocycles. The van der Waals surface area contributed by atoms with E-state index in [1.807, 2.05) is 24.3 Å². The molecule has 1 N–H and O–H groups in total. The van der Waals surface area contributed by atoms with Gasteiger partial charge in [-0.25, -0.2) is 4.79 Å². The number of ether oxygens (including phenoxy) is 2. The van der Waals surface area contributed by atoms with Crippen molar-refractivity contribution in [2.75, 3.05) is 19.7 Å². The second-order valence-corrected chi connectivity index (χ2v) is 7.12. The highest BCUT2D eigenvalue weighted by molar-refractivity contribution is 5.81. The van der Waals surface area contributed by atoms with E-state index in [2.05, 4.69) is 25.7 Å². The van der Waals surface area contributed by atoms with Crippen molar-refractivity contribution in [3.63, 3.8) is 0 Å². The molecule has 1 aliphatic rings. The highest BCUT2D eigenvalue weighted by Gasteiger charge is 2.26. The van der Waals surface area contributed by atoms with Crippen LogP contribution < -0.4 is 10.1 Å². The predicted molar refractivity (Wildman–Crippen MR) is 105 cm³/mol. The molecule has 1 fully saturated rings. The SMILES string of the molecule is C=CCOC(=O)N1CCC(NC(=O)C(C)Oc2ccc(C(C)C)cc2)CC1. The van der Waals surface area contributed by atoms with Crippen LogP contribution in [0.3, 0.4) is 0 Å². The molecule has 148 valence electrons. The van der Waals surface area contributed by atoms with Crippen LogP contribution in [0.15, 0.2) is 36.9 Å². The second-order valence-electron chi connectivity index (χ2n) is 7.12. The fraction of sp³-hybridized carbons (Fsp3) is 0.524. The lowest BCUT2D eigenvalue weighted by Crippen LogP contribution is -2.49. The molecule has 1 aromatic carbocycles. The van der Waals surface area contributed by atoms with Crippen LogP contribution in [-0.4, -0.2) is 48.7 Å². The van der Waals surface area contributed by atoms with Crippen molar-refractivity contribution >= 4 is 12.0 Å². The quantitative estimate of drug-likeness (QED) is 0.742. The summed E-state index contributed by atoms with van der Waals surface area (Å²) in [6.07, 6.45) is 2.03. The summed E-state index contributed by atoms with van der Waals surface area (Å²) in [5.41, 5.74) is 1.23. The average Bonchev–Trinajstić information content (AvgIpc) is 2.67. The minimum Gasteiger partial charge on any atom is -0.481 e. The first-order valence-electron chi connectivity index (χ1n) is 9.50. The number of nitrogens with one attached hydrogen (secondary N) is 1. The molecule has 0 saturated carbocycles. The van der Waals surface area contributed by atoms with E-state index in [4.69, 9.17) is 9.47 Å². The zero-order chi connectivity index (χ0) is 19.8. The molecular formula is C21H30N2O4. The van der Waals surface area contributed by atoms with E-state index < -0.39 is 6.10 Å². The Bertz CT molecular complexity index is 634. The Hall–Kier alpha value is -2.50. The largest absolute Gasteiger partial charge is 0.481 e. The number of carbonyl (C=O) groups is 2. The molecule has 1 atom stereocenters. The summed E-state index contributed by atoms with van der Waals surface area (Å²) in [5.74, 6) is 0.997. The Morgan fingerprint density at radius 2 is 1.85 bits per heavy atom. The van der Waals surface area contributed by atoms with Gasteiger partial charge < -0.3 is 19.7 Å². The van der Waals surface area contributed by atoms with Gasteiger partial charge in [-0.3, -0.25) is 4.79 Å². The van der Waals surface area contributed by atoms with Crippen LogP contribution in [0.2, 0.25) is 0 Å². The van der Waals surface area contributed by atoms with Crippen LogP contribution in [-0.2, 0) is 9.53 Å². The molecule has 0 bridgehead atoms. The molecule has 0 spiro atoms. The second kappa shape index (κ2) is 10.00. The zero-order valence-corrected chi connectivity index (χ0v) is 16.4. The van der Waals surface area contributed by atoms with Gasteiger partial charge in [0, 0.05) is 19.1 Å². The Kier molecular flexibility index (Phi) is 7.70. The summed E-state index contributed by atoms with van der Waals surface area (Å²) in [6, 6.07) is 7.87. The predicted octanol–water partition coefficient (Wildman–Crippen LogP) is 3.48. The van der Waals surface area contributed by atoms with Gasteiger partial charge in [0.25, 0.3) is 5.91 Å². The molecule has 6 nitrogen and oxygen atoms in total. The maximum Gasteiger partial charge on any atom is 0.410 e.